The van der Waals surface area contributed by atoms with E-state index >= 15 is 0 Å². The quantitative estimate of drug-likeness (QED) is 0.734. The lowest BCUT2D eigenvalue weighted by molar-refractivity contribution is 0.458. The van der Waals surface area contributed by atoms with Crippen molar-refractivity contribution in [2.24, 2.45) is 0 Å². The molecule has 0 saturated carbocycles. The summed E-state index contributed by atoms with van der Waals surface area (Å²) in [6, 6.07) is 10.4. The Kier molecular flexibility index (Phi) is 2.60. The molecule has 1 unspecified atom stereocenters. The van der Waals surface area contributed by atoms with E-state index in [1.54, 1.807) is 6.20 Å². The van der Waals surface area contributed by atoms with Crippen molar-refractivity contribution in [2.75, 3.05) is 6.54 Å². The van der Waals surface area contributed by atoms with E-state index < -0.39 is 0 Å². The van der Waals surface area contributed by atoms with E-state index in [-0.39, 0.29) is 6.04 Å². The number of hydrogen-bond acceptors (Lipinski definition) is 4. The number of nitrogens with zero attached hydrogens (tertiary/aromatic N) is 4. The summed E-state index contributed by atoms with van der Waals surface area (Å²) in [6.07, 6.45) is 3.62. The Balaban J connectivity index is 1.80. The van der Waals surface area contributed by atoms with E-state index in [2.05, 4.69) is 42.4 Å². The second kappa shape index (κ2) is 4.57. The number of nitrogens with one attached hydrogen (secondary N) is 2. The molecule has 100 valence electrons. The maximum absolute atomic E-state index is 4.38. The first-order chi connectivity index (χ1) is 9.93. The fourth-order valence-corrected chi connectivity index (χ4v) is 2.66. The van der Waals surface area contributed by atoms with Gasteiger partial charge in [-0.05, 0) is 5.56 Å². The first kappa shape index (κ1) is 11.4. The molecule has 0 bridgehead atoms. The minimum Gasteiger partial charge on any atom is -0.308 e. The van der Waals surface area contributed by atoms with Crippen molar-refractivity contribution in [1.29, 1.82) is 0 Å². The normalized spacial score (nSPS) is 17.9. The van der Waals surface area contributed by atoms with Gasteiger partial charge < -0.3 is 9.88 Å². The van der Waals surface area contributed by atoms with Crippen LogP contribution < -0.4 is 5.32 Å². The molecule has 0 radical (unpaired) electrons. The largest absolute Gasteiger partial charge is 0.308 e. The van der Waals surface area contributed by atoms with Crippen LogP contribution in [0, 0.1) is 0 Å². The van der Waals surface area contributed by atoms with Crippen molar-refractivity contribution in [3.05, 3.63) is 54.1 Å². The summed E-state index contributed by atoms with van der Waals surface area (Å²) < 4.78 is 2.17. The maximum atomic E-state index is 4.38. The Morgan fingerprint density at radius 2 is 2.05 bits per heavy atom. The highest BCUT2D eigenvalue weighted by Gasteiger charge is 2.26. The predicted octanol–water partition coefficient (Wildman–Crippen LogP) is 1.36. The smallest absolute Gasteiger partial charge is 0.167 e. The number of H-pyrrole nitrogens is 1. The minimum absolute atomic E-state index is 0.0955. The lowest BCUT2D eigenvalue weighted by Gasteiger charge is -2.25. The Hall–Kier alpha value is -2.47. The molecular formula is C14H14N6. The summed E-state index contributed by atoms with van der Waals surface area (Å²) in [6.45, 7) is 1.77. The van der Waals surface area contributed by atoms with Gasteiger partial charge in [0.15, 0.2) is 11.6 Å². The zero-order chi connectivity index (χ0) is 13.4. The Labute approximate surface area is 115 Å². The van der Waals surface area contributed by atoms with Crippen molar-refractivity contribution in [3.63, 3.8) is 0 Å². The highest BCUT2D eigenvalue weighted by Crippen LogP contribution is 2.27. The minimum atomic E-state index is 0.0955. The molecule has 2 N–H and O–H groups in total. The van der Waals surface area contributed by atoms with Gasteiger partial charge in [-0.2, -0.15) is 5.10 Å². The Morgan fingerprint density at radius 1 is 1.15 bits per heavy atom. The molecule has 6 nitrogen and oxygen atoms in total. The third-order valence-corrected chi connectivity index (χ3v) is 3.61. The van der Waals surface area contributed by atoms with Gasteiger partial charge in [0.05, 0.1) is 17.8 Å². The molecule has 0 aliphatic carbocycles. The van der Waals surface area contributed by atoms with Gasteiger partial charge in [-0.1, -0.05) is 30.3 Å². The van der Waals surface area contributed by atoms with Gasteiger partial charge in [-0.3, -0.25) is 5.10 Å². The van der Waals surface area contributed by atoms with Gasteiger partial charge in [0.2, 0.25) is 0 Å². The molecule has 0 spiro atoms. The molecule has 1 atom stereocenters. The van der Waals surface area contributed by atoms with Crippen LogP contribution in [0.25, 0.3) is 11.4 Å². The van der Waals surface area contributed by atoms with E-state index in [9.17, 15) is 0 Å². The molecule has 6 heteroatoms. The van der Waals surface area contributed by atoms with Crippen LogP contribution in [0.4, 0.5) is 0 Å². The van der Waals surface area contributed by atoms with Crippen molar-refractivity contribution >= 4 is 0 Å². The van der Waals surface area contributed by atoms with Crippen LogP contribution >= 0.6 is 0 Å². The SMILES string of the molecule is c1ccc(C2NCCn3c(-c4cn[nH]c4)nnc32)cc1. The number of fused-ring (bicyclic) bond motifs is 1. The average molecular weight is 266 g/mol. The summed E-state index contributed by atoms with van der Waals surface area (Å²) in [5, 5.41) is 19.0. The molecule has 3 heterocycles. The van der Waals surface area contributed by atoms with E-state index in [4.69, 9.17) is 0 Å². The molecule has 1 aromatic carbocycles. The Morgan fingerprint density at radius 3 is 2.85 bits per heavy atom. The first-order valence-corrected chi connectivity index (χ1v) is 6.64. The number of rotatable bonds is 2. The predicted molar refractivity (Wildman–Crippen MR) is 73.9 cm³/mol. The maximum Gasteiger partial charge on any atom is 0.167 e. The summed E-state index contributed by atoms with van der Waals surface area (Å²) in [4.78, 5) is 0. The van der Waals surface area contributed by atoms with Crippen molar-refractivity contribution in [2.45, 2.75) is 12.6 Å². The lowest BCUT2D eigenvalue weighted by atomic mass is 10.0. The lowest BCUT2D eigenvalue weighted by Crippen LogP contribution is -2.34. The number of aromatic amines is 1. The van der Waals surface area contributed by atoms with E-state index in [1.807, 2.05) is 24.4 Å². The molecule has 4 rings (SSSR count). The number of hydrogen-bond donors (Lipinski definition) is 2. The van der Waals surface area contributed by atoms with E-state index in [1.165, 1.54) is 5.56 Å². The van der Waals surface area contributed by atoms with E-state index in [0.717, 1.165) is 30.3 Å². The fourth-order valence-electron chi connectivity index (χ4n) is 2.66. The van der Waals surface area contributed by atoms with Crippen LogP contribution in [0.3, 0.4) is 0 Å². The van der Waals surface area contributed by atoms with Crippen LogP contribution in [-0.4, -0.2) is 31.5 Å². The van der Waals surface area contributed by atoms with Crippen molar-refractivity contribution in [1.82, 2.24) is 30.3 Å². The molecule has 3 aromatic rings. The summed E-state index contributed by atoms with van der Waals surface area (Å²) in [5.74, 6) is 1.83. The molecule has 1 aliphatic rings. The first-order valence-electron chi connectivity index (χ1n) is 6.64. The Bertz CT molecular complexity index is 701. The molecular weight excluding hydrogens is 252 g/mol. The van der Waals surface area contributed by atoms with Gasteiger partial charge in [0.1, 0.15) is 0 Å². The monoisotopic (exact) mass is 266 g/mol. The van der Waals surface area contributed by atoms with Gasteiger partial charge in [-0.15, -0.1) is 10.2 Å². The molecule has 1 aliphatic heterocycles. The topological polar surface area (TPSA) is 71.4 Å². The van der Waals surface area contributed by atoms with Crippen LogP contribution in [0.1, 0.15) is 17.4 Å². The second-order valence-corrected chi connectivity index (χ2v) is 4.82. The van der Waals surface area contributed by atoms with Crippen molar-refractivity contribution in [3.8, 4) is 11.4 Å². The zero-order valence-corrected chi connectivity index (χ0v) is 10.8. The fraction of sp³-hybridized carbons (Fsp3) is 0.214. The third-order valence-electron chi connectivity index (χ3n) is 3.61. The summed E-state index contributed by atoms with van der Waals surface area (Å²) >= 11 is 0. The molecule has 0 amide bonds. The third kappa shape index (κ3) is 1.73. The van der Waals surface area contributed by atoms with E-state index in [0.29, 0.717) is 0 Å². The van der Waals surface area contributed by atoms with Gasteiger partial charge >= 0.3 is 0 Å². The average Bonchev–Trinajstić information content (AvgIpc) is 3.16. The zero-order valence-electron chi connectivity index (χ0n) is 10.8. The van der Waals surface area contributed by atoms with Gasteiger partial charge in [0.25, 0.3) is 0 Å². The second-order valence-electron chi connectivity index (χ2n) is 4.82. The summed E-state index contributed by atoms with van der Waals surface area (Å²) in [5.41, 5.74) is 2.18. The molecule has 0 saturated heterocycles. The van der Waals surface area contributed by atoms with Gasteiger partial charge in [-0.25, -0.2) is 0 Å². The molecule has 2 aromatic heterocycles. The van der Waals surface area contributed by atoms with Crippen LogP contribution in [-0.2, 0) is 6.54 Å². The number of benzene rings is 1. The summed E-state index contributed by atoms with van der Waals surface area (Å²) in [7, 11) is 0. The van der Waals surface area contributed by atoms with Gasteiger partial charge in [0, 0.05) is 19.3 Å². The molecule has 0 fully saturated rings. The van der Waals surface area contributed by atoms with Crippen LogP contribution in [0.15, 0.2) is 42.7 Å². The molecule has 20 heavy (non-hydrogen) atoms. The highest BCUT2D eigenvalue weighted by atomic mass is 15.3. The number of aromatic nitrogens is 5. The highest BCUT2D eigenvalue weighted by molar-refractivity contribution is 5.53. The van der Waals surface area contributed by atoms with Crippen LogP contribution in [0.2, 0.25) is 0 Å². The standard InChI is InChI=1S/C14H14N6/c1-2-4-10(5-3-1)12-14-19-18-13(11-8-16-17-9-11)20(14)7-6-15-12/h1-5,8-9,12,15H,6-7H2,(H,16,17). The van der Waals surface area contributed by atoms with Crippen LogP contribution in [0.5, 0.6) is 0 Å². The van der Waals surface area contributed by atoms with Crippen molar-refractivity contribution < 1.29 is 0 Å².